The lowest BCUT2D eigenvalue weighted by atomic mass is 10.2. The van der Waals surface area contributed by atoms with Crippen molar-refractivity contribution < 1.29 is 19.5 Å². The number of aryl methyl sites for hydroxylation is 2. The van der Waals surface area contributed by atoms with E-state index >= 15 is 0 Å². The molecule has 3 N–H and O–H groups in total. The first-order chi connectivity index (χ1) is 12.8. The minimum Gasteiger partial charge on any atom is -0.477 e. The summed E-state index contributed by atoms with van der Waals surface area (Å²) in [5.74, 6) is -2.26. The summed E-state index contributed by atoms with van der Waals surface area (Å²) in [6, 6.07) is 8.05. The largest absolute Gasteiger partial charge is 0.477 e. The number of rotatable bonds is 5. The number of carboxylic acid groups (broad SMARTS) is 1. The Morgan fingerprint density at radius 1 is 1.04 bits per heavy atom. The fourth-order valence-electron chi connectivity index (χ4n) is 2.46. The van der Waals surface area contributed by atoms with Crippen LogP contribution in [0.4, 0.5) is 11.4 Å². The van der Waals surface area contributed by atoms with E-state index < -0.39 is 11.9 Å². The number of aromatic carboxylic acids is 1. The Hall–Kier alpha value is -3.95. The average molecular weight is 368 g/mol. The molecule has 0 bridgehead atoms. The number of aromatic nitrogens is 4. The standard InChI is InChI=1S/C17H16N6O4/c1-22-7-6-13(21-22)16(25)20-11-5-3-4-10(8-11)19-15(24)12-9-18-23(2)14(12)17(26)27/h3-9H,1-2H3,(H,19,24)(H,20,25)(H,26,27). The van der Waals surface area contributed by atoms with Gasteiger partial charge in [-0.3, -0.25) is 19.0 Å². The number of benzene rings is 1. The number of nitrogens with one attached hydrogen (secondary N) is 2. The molecule has 0 fully saturated rings. The Morgan fingerprint density at radius 3 is 2.30 bits per heavy atom. The van der Waals surface area contributed by atoms with Crippen LogP contribution in [0.15, 0.2) is 42.7 Å². The maximum absolute atomic E-state index is 12.4. The van der Waals surface area contributed by atoms with Gasteiger partial charge in [-0.2, -0.15) is 10.2 Å². The second-order valence-corrected chi connectivity index (χ2v) is 5.70. The number of carboxylic acids is 1. The highest BCUT2D eigenvalue weighted by molar-refractivity contribution is 6.10. The van der Waals surface area contributed by atoms with Gasteiger partial charge in [-0.1, -0.05) is 6.07 Å². The summed E-state index contributed by atoms with van der Waals surface area (Å²) in [5, 5.41) is 22.3. The molecule has 3 rings (SSSR count). The van der Waals surface area contributed by atoms with Gasteiger partial charge < -0.3 is 15.7 Å². The van der Waals surface area contributed by atoms with E-state index in [1.165, 1.54) is 17.9 Å². The molecule has 2 amide bonds. The Kier molecular flexibility index (Phi) is 4.71. The highest BCUT2D eigenvalue weighted by Crippen LogP contribution is 2.18. The third-order valence-corrected chi connectivity index (χ3v) is 3.71. The fourth-order valence-corrected chi connectivity index (χ4v) is 2.46. The molecule has 10 heteroatoms. The molecule has 1 aromatic carbocycles. The molecule has 0 aliphatic heterocycles. The van der Waals surface area contributed by atoms with Gasteiger partial charge in [-0.25, -0.2) is 4.79 Å². The molecule has 0 saturated heterocycles. The van der Waals surface area contributed by atoms with Crippen molar-refractivity contribution in [3.05, 3.63) is 59.7 Å². The fraction of sp³-hybridized carbons (Fsp3) is 0.118. The maximum atomic E-state index is 12.4. The van der Waals surface area contributed by atoms with Crippen LogP contribution < -0.4 is 10.6 Å². The monoisotopic (exact) mass is 368 g/mol. The van der Waals surface area contributed by atoms with Crippen LogP contribution in [0, 0.1) is 0 Å². The highest BCUT2D eigenvalue weighted by Gasteiger charge is 2.21. The Labute approximate surface area is 153 Å². The van der Waals surface area contributed by atoms with E-state index in [1.807, 2.05) is 0 Å². The topological polar surface area (TPSA) is 131 Å². The van der Waals surface area contributed by atoms with Gasteiger partial charge in [0.05, 0.1) is 11.8 Å². The second-order valence-electron chi connectivity index (χ2n) is 5.70. The predicted molar refractivity (Wildman–Crippen MR) is 95.7 cm³/mol. The normalized spacial score (nSPS) is 10.4. The van der Waals surface area contributed by atoms with Gasteiger partial charge in [0, 0.05) is 31.7 Å². The number of hydrogen-bond acceptors (Lipinski definition) is 5. The number of carbonyl (C=O) groups excluding carboxylic acids is 2. The first-order valence-corrected chi connectivity index (χ1v) is 7.83. The highest BCUT2D eigenvalue weighted by atomic mass is 16.4. The molecule has 0 aliphatic carbocycles. The van der Waals surface area contributed by atoms with Gasteiger partial charge >= 0.3 is 5.97 Å². The summed E-state index contributed by atoms with van der Waals surface area (Å²) in [6.07, 6.45) is 2.84. The van der Waals surface area contributed by atoms with Gasteiger partial charge in [0.25, 0.3) is 11.8 Å². The van der Waals surface area contributed by atoms with Crippen LogP contribution in [-0.2, 0) is 14.1 Å². The summed E-state index contributed by atoms with van der Waals surface area (Å²) < 4.78 is 2.63. The zero-order valence-electron chi connectivity index (χ0n) is 14.5. The third-order valence-electron chi connectivity index (χ3n) is 3.71. The van der Waals surface area contributed by atoms with Crippen molar-refractivity contribution in [1.29, 1.82) is 0 Å². The summed E-state index contributed by atoms with van der Waals surface area (Å²) in [4.78, 5) is 35.8. The van der Waals surface area contributed by atoms with E-state index in [2.05, 4.69) is 20.8 Å². The minimum absolute atomic E-state index is 0.0621. The number of carbonyl (C=O) groups is 3. The Bertz CT molecular complexity index is 1040. The van der Waals surface area contributed by atoms with Gasteiger partial charge in [0.15, 0.2) is 11.4 Å². The molecule has 10 nitrogen and oxygen atoms in total. The van der Waals surface area contributed by atoms with Gasteiger partial charge in [0.1, 0.15) is 0 Å². The predicted octanol–water partition coefficient (Wildman–Crippen LogP) is 1.36. The lowest BCUT2D eigenvalue weighted by molar-refractivity contribution is 0.0680. The van der Waals surface area contributed by atoms with Crippen molar-refractivity contribution in [2.24, 2.45) is 14.1 Å². The van der Waals surface area contributed by atoms with Crippen molar-refractivity contribution in [3.8, 4) is 0 Å². The van der Waals surface area contributed by atoms with E-state index in [0.29, 0.717) is 11.4 Å². The van der Waals surface area contributed by atoms with Gasteiger partial charge in [-0.15, -0.1) is 0 Å². The van der Waals surface area contributed by atoms with Crippen LogP contribution in [0.3, 0.4) is 0 Å². The van der Waals surface area contributed by atoms with Crippen molar-refractivity contribution in [1.82, 2.24) is 19.6 Å². The maximum Gasteiger partial charge on any atom is 0.354 e. The van der Waals surface area contributed by atoms with E-state index in [9.17, 15) is 19.5 Å². The van der Waals surface area contributed by atoms with Crippen molar-refractivity contribution >= 4 is 29.2 Å². The quantitative estimate of drug-likeness (QED) is 0.623. The number of anilines is 2. The molecule has 0 unspecified atom stereocenters. The Morgan fingerprint density at radius 2 is 1.70 bits per heavy atom. The molecule has 27 heavy (non-hydrogen) atoms. The first-order valence-electron chi connectivity index (χ1n) is 7.83. The Balaban J connectivity index is 1.75. The molecule has 2 heterocycles. The van der Waals surface area contributed by atoms with Crippen LogP contribution in [-0.4, -0.2) is 42.5 Å². The average Bonchev–Trinajstić information content (AvgIpc) is 3.21. The molecular weight excluding hydrogens is 352 g/mol. The molecule has 0 saturated carbocycles. The third kappa shape index (κ3) is 3.84. The van der Waals surface area contributed by atoms with Crippen LogP contribution in [0.1, 0.15) is 31.3 Å². The smallest absolute Gasteiger partial charge is 0.354 e. The van der Waals surface area contributed by atoms with Crippen LogP contribution in [0.5, 0.6) is 0 Å². The zero-order valence-corrected chi connectivity index (χ0v) is 14.5. The lowest BCUT2D eigenvalue weighted by Gasteiger charge is -2.08. The molecule has 0 radical (unpaired) electrons. The molecule has 0 atom stereocenters. The summed E-state index contributed by atoms with van der Waals surface area (Å²) in [5.41, 5.74) is 0.820. The number of hydrogen-bond donors (Lipinski definition) is 3. The molecule has 3 aromatic rings. The van der Waals surface area contributed by atoms with Gasteiger partial charge in [-0.05, 0) is 24.3 Å². The lowest BCUT2D eigenvalue weighted by Crippen LogP contribution is -2.17. The minimum atomic E-state index is -1.25. The van der Waals surface area contributed by atoms with Crippen molar-refractivity contribution in [3.63, 3.8) is 0 Å². The summed E-state index contributed by atoms with van der Waals surface area (Å²) >= 11 is 0. The molecule has 2 aromatic heterocycles. The molecule has 0 aliphatic rings. The van der Waals surface area contributed by atoms with Crippen molar-refractivity contribution in [2.45, 2.75) is 0 Å². The van der Waals surface area contributed by atoms with Crippen LogP contribution in [0.2, 0.25) is 0 Å². The number of amides is 2. The number of nitrogens with zero attached hydrogens (tertiary/aromatic N) is 4. The van der Waals surface area contributed by atoms with Crippen molar-refractivity contribution in [2.75, 3.05) is 10.6 Å². The van der Waals surface area contributed by atoms with E-state index in [4.69, 9.17) is 0 Å². The van der Waals surface area contributed by atoms with E-state index in [-0.39, 0.29) is 22.9 Å². The zero-order chi connectivity index (χ0) is 19.6. The van der Waals surface area contributed by atoms with Gasteiger partial charge in [0.2, 0.25) is 0 Å². The molecule has 138 valence electrons. The molecule has 0 spiro atoms. The summed E-state index contributed by atoms with van der Waals surface area (Å²) in [6.45, 7) is 0. The van der Waals surface area contributed by atoms with Crippen LogP contribution in [0.25, 0.3) is 0 Å². The molecular formula is C17H16N6O4. The van der Waals surface area contributed by atoms with E-state index in [0.717, 1.165) is 4.68 Å². The van der Waals surface area contributed by atoms with Crippen LogP contribution >= 0.6 is 0 Å². The first kappa shape index (κ1) is 17.9. The second kappa shape index (κ2) is 7.12. The SMILES string of the molecule is Cn1ccc(C(=O)Nc2cccc(NC(=O)c3cnn(C)c3C(=O)O)c2)n1. The van der Waals surface area contributed by atoms with E-state index in [1.54, 1.807) is 43.6 Å². The summed E-state index contributed by atoms with van der Waals surface area (Å²) in [7, 11) is 3.14.